The van der Waals surface area contributed by atoms with Crippen LogP contribution in [0.15, 0.2) is 78.5 Å². The van der Waals surface area contributed by atoms with Gasteiger partial charge in [0.05, 0.1) is 5.57 Å². The molecule has 0 spiro atoms. The predicted octanol–water partition coefficient (Wildman–Crippen LogP) is 4.86. The molecular formula is C26H20ClFN2O2. The highest BCUT2D eigenvalue weighted by atomic mass is 35.5. The Kier molecular flexibility index (Phi) is 5.27. The number of hydrogen-bond donors (Lipinski definition) is 0. The molecular weight excluding hydrogens is 427 g/mol. The number of amides is 2. The average molecular weight is 447 g/mol. The van der Waals surface area contributed by atoms with Gasteiger partial charge in [-0.1, -0.05) is 54.1 Å². The zero-order valence-electron chi connectivity index (χ0n) is 17.2. The topological polar surface area (TPSA) is 40.6 Å². The first-order valence-corrected chi connectivity index (χ1v) is 10.9. The van der Waals surface area contributed by atoms with Crippen LogP contribution in [0, 0.1) is 5.82 Å². The quantitative estimate of drug-likeness (QED) is 0.525. The summed E-state index contributed by atoms with van der Waals surface area (Å²) in [6.07, 6.45) is 1.26. The van der Waals surface area contributed by atoms with Crippen molar-refractivity contribution in [2.45, 2.75) is 12.8 Å². The molecule has 0 N–H and O–H groups in total. The molecule has 32 heavy (non-hydrogen) atoms. The fourth-order valence-electron chi connectivity index (χ4n) is 4.36. The van der Waals surface area contributed by atoms with E-state index >= 15 is 0 Å². The van der Waals surface area contributed by atoms with E-state index in [0.717, 1.165) is 23.2 Å². The summed E-state index contributed by atoms with van der Waals surface area (Å²) in [5.41, 5.74) is 4.43. The zero-order chi connectivity index (χ0) is 22.2. The molecule has 2 heterocycles. The fraction of sp³-hybridized carbons (Fsp3) is 0.154. The number of fused-ring (bicyclic) bond motifs is 1. The van der Waals surface area contributed by atoms with Crippen LogP contribution in [0.4, 0.5) is 10.1 Å². The molecule has 2 aliphatic rings. The second-order valence-corrected chi connectivity index (χ2v) is 8.34. The molecule has 3 aromatic rings. The second kappa shape index (κ2) is 8.24. The molecule has 0 aromatic heterocycles. The normalized spacial score (nSPS) is 15.7. The second-order valence-electron chi connectivity index (χ2n) is 7.90. The first-order valence-electron chi connectivity index (χ1n) is 10.5. The van der Waals surface area contributed by atoms with Crippen LogP contribution in [0.3, 0.4) is 0 Å². The highest BCUT2D eigenvalue weighted by Crippen LogP contribution is 2.38. The Morgan fingerprint density at radius 3 is 2.34 bits per heavy atom. The maximum Gasteiger partial charge on any atom is 0.278 e. The highest BCUT2D eigenvalue weighted by molar-refractivity contribution is 6.37. The van der Waals surface area contributed by atoms with Gasteiger partial charge < -0.3 is 4.90 Å². The molecule has 3 aromatic carbocycles. The Hall–Kier alpha value is -3.44. The molecule has 0 radical (unpaired) electrons. The lowest BCUT2D eigenvalue weighted by Gasteiger charge is -2.22. The maximum absolute atomic E-state index is 13.6. The van der Waals surface area contributed by atoms with E-state index in [9.17, 15) is 14.0 Å². The summed E-state index contributed by atoms with van der Waals surface area (Å²) in [6, 6.07) is 21.0. The summed E-state index contributed by atoms with van der Waals surface area (Å²) >= 11 is 6.06. The van der Waals surface area contributed by atoms with Crippen molar-refractivity contribution in [1.82, 2.24) is 4.90 Å². The van der Waals surface area contributed by atoms with Crippen molar-refractivity contribution in [1.29, 1.82) is 0 Å². The Balaban J connectivity index is 1.52. The minimum atomic E-state index is -0.321. The number of benzene rings is 3. The van der Waals surface area contributed by atoms with Crippen LogP contribution in [0.1, 0.15) is 16.7 Å². The predicted molar refractivity (Wildman–Crippen MR) is 123 cm³/mol. The van der Waals surface area contributed by atoms with Crippen molar-refractivity contribution < 1.29 is 14.0 Å². The SMILES string of the molecule is O=C1C(c2ccc(Cl)cc2)=C(N2CCc3ccccc32)C(=O)N1CCc1ccc(F)cc1. The number of carbonyl (C=O) groups excluding carboxylic acids is 2. The van der Waals surface area contributed by atoms with E-state index in [0.29, 0.717) is 34.8 Å². The summed E-state index contributed by atoms with van der Waals surface area (Å²) in [5.74, 6) is -0.943. The number of carbonyl (C=O) groups is 2. The third-order valence-electron chi connectivity index (χ3n) is 5.97. The van der Waals surface area contributed by atoms with Gasteiger partial charge in [-0.25, -0.2) is 4.39 Å². The Morgan fingerprint density at radius 1 is 0.875 bits per heavy atom. The van der Waals surface area contributed by atoms with Gasteiger partial charge in [-0.05, 0) is 59.9 Å². The largest absolute Gasteiger partial charge is 0.336 e. The molecule has 0 saturated heterocycles. The molecule has 0 atom stereocenters. The highest BCUT2D eigenvalue weighted by Gasteiger charge is 2.42. The molecule has 0 bridgehead atoms. The average Bonchev–Trinajstić information content (AvgIpc) is 3.32. The summed E-state index contributed by atoms with van der Waals surface area (Å²) in [6.45, 7) is 0.857. The van der Waals surface area contributed by atoms with Crippen molar-refractivity contribution in [3.8, 4) is 0 Å². The third-order valence-corrected chi connectivity index (χ3v) is 6.22. The van der Waals surface area contributed by atoms with Gasteiger partial charge in [-0.2, -0.15) is 0 Å². The molecule has 0 unspecified atom stereocenters. The van der Waals surface area contributed by atoms with Crippen molar-refractivity contribution in [3.05, 3.63) is 106 Å². The maximum atomic E-state index is 13.6. The van der Waals surface area contributed by atoms with E-state index in [-0.39, 0.29) is 24.2 Å². The van der Waals surface area contributed by atoms with Crippen LogP contribution >= 0.6 is 11.6 Å². The lowest BCUT2D eigenvalue weighted by molar-refractivity contribution is -0.136. The monoisotopic (exact) mass is 446 g/mol. The van der Waals surface area contributed by atoms with Gasteiger partial charge in [-0.3, -0.25) is 14.5 Å². The molecule has 6 heteroatoms. The van der Waals surface area contributed by atoms with Crippen molar-refractivity contribution in [2.75, 3.05) is 18.0 Å². The fourth-order valence-corrected chi connectivity index (χ4v) is 4.48. The third kappa shape index (κ3) is 3.59. The van der Waals surface area contributed by atoms with E-state index in [1.807, 2.05) is 29.2 Å². The van der Waals surface area contributed by atoms with Gasteiger partial charge in [0.25, 0.3) is 11.8 Å². The summed E-state index contributed by atoms with van der Waals surface area (Å²) < 4.78 is 13.2. The number of imide groups is 1. The number of hydrogen-bond acceptors (Lipinski definition) is 3. The molecule has 5 rings (SSSR count). The minimum Gasteiger partial charge on any atom is -0.336 e. The summed E-state index contributed by atoms with van der Waals surface area (Å²) in [4.78, 5) is 30.3. The van der Waals surface area contributed by atoms with Crippen LogP contribution in [0.5, 0.6) is 0 Å². The number of para-hydroxylation sites is 1. The van der Waals surface area contributed by atoms with Crippen molar-refractivity contribution in [3.63, 3.8) is 0 Å². The van der Waals surface area contributed by atoms with E-state index in [4.69, 9.17) is 11.6 Å². The molecule has 160 valence electrons. The molecule has 0 saturated carbocycles. The molecule has 2 aliphatic heterocycles. The van der Waals surface area contributed by atoms with Gasteiger partial charge in [0.2, 0.25) is 0 Å². The van der Waals surface area contributed by atoms with Crippen LogP contribution in [-0.2, 0) is 22.4 Å². The van der Waals surface area contributed by atoms with Gasteiger partial charge >= 0.3 is 0 Å². The van der Waals surface area contributed by atoms with Crippen LogP contribution in [0.2, 0.25) is 5.02 Å². The Bertz CT molecular complexity index is 1240. The first kappa shape index (κ1) is 20.5. The van der Waals surface area contributed by atoms with Gasteiger partial charge in [0.15, 0.2) is 0 Å². The molecule has 4 nitrogen and oxygen atoms in total. The molecule has 2 amide bonds. The van der Waals surface area contributed by atoms with E-state index in [1.54, 1.807) is 36.4 Å². The molecule has 0 aliphatic carbocycles. The van der Waals surface area contributed by atoms with Crippen LogP contribution in [0.25, 0.3) is 5.57 Å². The minimum absolute atomic E-state index is 0.222. The van der Waals surface area contributed by atoms with Crippen molar-refractivity contribution in [2.24, 2.45) is 0 Å². The van der Waals surface area contributed by atoms with Gasteiger partial charge in [0, 0.05) is 23.8 Å². The summed E-state index contributed by atoms with van der Waals surface area (Å²) in [7, 11) is 0. The standard InChI is InChI=1S/C26H20ClFN2O2/c27-20-9-7-19(8-10-20)23-24(29-16-14-18-3-1-2-4-22(18)29)26(32)30(25(23)31)15-13-17-5-11-21(28)12-6-17/h1-12H,13-16H2. The molecule has 0 fully saturated rings. The van der Waals surface area contributed by atoms with Crippen LogP contribution < -0.4 is 4.90 Å². The van der Waals surface area contributed by atoms with Crippen LogP contribution in [-0.4, -0.2) is 29.8 Å². The van der Waals surface area contributed by atoms with Gasteiger partial charge in [0.1, 0.15) is 11.5 Å². The number of halogens is 2. The first-order chi connectivity index (χ1) is 15.5. The Morgan fingerprint density at radius 2 is 1.59 bits per heavy atom. The van der Waals surface area contributed by atoms with E-state index in [1.165, 1.54) is 17.0 Å². The number of anilines is 1. The zero-order valence-corrected chi connectivity index (χ0v) is 18.0. The summed E-state index contributed by atoms with van der Waals surface area (Å²) in [5, 5.41) is 0.562. The number of nitrogens with zero attached hydrogens (tertiary/aromatic N) is 2. The van der Waals surface area contributed by atoms with Crippen molar-refractivity contribution >= 4 is 34.7 Å². The Labute approximate surface area is 190 Å². The lowest BCUT2D eigenvalue weighted by atomic mass is 10.0. The lowest BCUT2D eigenvalue weighted by Crippen LogP contribution is -2.36. The van der Waals surface area contributed by atoms with E-state index < -0.39 is 0 Å². The smallest absolute Gasteiger partial charge is 0.278 e. The number of rotatable bonds is 5. The van der Waals surface area contributed by atoms with Gasteiger partial charge in [-0.15, -0.1) is 0 Å². The van der Waals surface area contributed by atoms with E-state index in [2.05, 4.69) is 0 Å².